The maximum Gasteiger partial charge on any atom is 0.408 e. The molecule has 29 heavy (non-hydrogen) atoms. The summed E-state index contributed by atoms with van der Waals surface area (Å²) < 4.78 is 5.24. The summed E-state index contributed by atoms with van der Waals surface area (Å²) in [7, 11) is 0. The molecule has 0 aliphatic heterocycles. The molecule has 2 amide bonds. The first-order valence-corrected chi connectivity index (χ1v) is 10.3. The second-order valence-electron chi connectivity index (χ2n) is 8.42. The summed E-state index contributed by atoms with van der Waals surface area (Å²) in [6.45, 7) is 5.88. The lowest BCUT2D eigenvalue weighted by Crippen LogP contribution is -2.46. The number of rotatable bonds is 6. The number of nitrogens with one attached hydrogen (secondary N) is 1. The first-order valence-electron chi connectivity index (χ1n) is 10.3. The van der Waals surface area contributed by atoms with Gasteiger partial charge in [0.1, 0.15) is 11.6 Å². The molecule has 1 unspecified atom stereocenters. The number of aryl methyl sites for hydroxylation is 1. The standard InChI is InChI=1S/C23H33N3O3/c1-23(2,3)29-22(28)26-20(21(25)27)14-13-17-12-11-16(8-6-7-15-24)18-9-4-5-10-19(17)18/h11-12,20H,4-5,7,9-10,13-15,24H2,1-3H3,(H2,25,27)(H,26,28). The number of alkyl carbamates (subject to hydrolysis) is 1. The van der Waals surface area contributed by atoms with E-state index in [4.69, 9.17) is 16.2 Å². The van der Waals surface area contributed by atoms with Crippen LogP contribution in [0.15, 0.2) is 12.1 Å². The van der Waals surface area contributed by atoms with Gasteiger partial charge in [-0.1, -0.05) is 17.9 Å². The quantitative estimate of drug-likeness (QED) is 0.639. The van der Waals surface area contributed by atoms with Gasteiger partial charge in [-0.3, -0.25) is 4.79 Å². The Labute approximate surface area is 173 Å². The fourth-order valence-electron chi connectivity index (χ4n) is 3.56. The molecule has 1 aromatic rings. The predicted octanol–water partition coefficient (Wildman–Crippen LogP) is 2.58. The number of carbonyl (C=O) groups is 2. The molecule has 0 saturated carbocycles. The number of primary amides is 1. The number of hydrogen-bond donors (Lipinski definition) is 3. The minimum atomic E-state index is -0.770. The zero-order valence-corrected chi connectivity index (χ0v) is 17.8. The van der Waals surface area contributed by atoms with Crippen molar-refractivity contribution in [2.45, 2.75) is 77.4 Å². The van der Waals surface area contributed by atoms with Crippen molar-refractivity contribution >= 4 is 12.0 Å². The molecule has 0 spiro atoms. The van der Waals surface area contributed by atoms with Crippen molar-refractivity contribution in [2.24, 2.45) is 11.5 Å². The Bertz CT molecular complexity index is 800. The second kappa shape index (κ2) is 10.3. The maximum absolute atomic E-state index is 12.0. The average Bonchev–Trinajstić information content (AvgIpc) is 2.64. The van der Waals surface area contributed by atoms with E-state index in [0.717, 1.165) is 31.2 Å². The van der Waals surface area contributed by atoms with Gasteiger partial charge in [-0.2, -0.15) is 0 Å². The molecule has 1 aliphatic carbocycles. The van der Waals surface area contributed by atoms with Crippen molar-refractivity contribution in [1.82, 2.24) is 5.32 Å². The third-order valence-corrected chi connectivity index (χ3v) is 4.86. The van der Waals surface area contributed by atoms with Crippen molar-refractivity contribution < 1.29 is 14.3 Å². The van der Waals surface area contributed by atoms with Crippen LogP contribution in [-0.4, -0.2) is 30.2 Å². The lowest BCUT2D eigenvalue weighted by atomic mass is 9.83. The first-order chi connectivity index (χ1) is 13.7. The van der Waals surface area contributed by atoms with Crippen molar-refractivity contribution in [1.29, 1.82) is 0 Å². The van der Waals surface area contributed by atoms with E-state index in [-0.39, 0.29) is 0 Å². The van der Waals surface area contributed by atoms with Gasteiger partial charge in [0, 0.05) is 18.5 Å². The van der Waals surface area contributed by atoms with E-state index in [1.54, 1.807) is 20.8 Å². The van der Waals surface area contributed by atoms with Crippen molar-refractivity contribution in [3.8, 4) is 11.8 Å². The van der Waals surface area contributed by atoms with E-state index in [0.29, 0.717) is 25.8 Å². The van der Waals surface area contributed by atoms with Crippen LogP contribution in [0.1, 0.15) is 68.7 Å². The van der Waals surface area contributed by atoms with E-state index in [1.807, 2.05) is 0 Å². The zero-order chi connectivity index (χ0) is 21.4. The Kier molecular flexibility index (Phi) is 8.10. The molecule has 0 fully saturated rings. The van der Waals surface area contributed by atoms with Gasteiger partial charge in [-0.15, -0.1) is 0 Å². The Morgan fingerprint density at radius 3 is 2.52 bits per heavy atom. The molecule has 1 aromatic carbocycles. The molecule has 6 heteroatoms. The summed E-state index contributed by atoms with van der Waals surface area (Å²) in [6, 6.07) is 3.37. The van der Waals surface area contributed by atoms with Gasteiger partial charge in [0.25, 0.3) is 0 Å². The van der Waals surface area contributed by atoms with Gasteiger partial charge in [0.2, 0.25) is 5.91 Å². The highest BCUT2D eigenvalue weighted by Crippen LogP contribution is 2.28. The smallest absolute Gasteiger partial charge is 0.408 e. The van der Waals surface area contributed by atoms with E-state index < -0.39 is 23.6 Å². The molecule has 6 nitrogen and oxygen atoms in total. The molecule has 1 atom stereocenters. The highest BCUT2D eigenvalue weighted by atomic mass is 16.6. The number of hydrogen-bond acceptors (Lipinski definition) is 4. The number of fused-ring (bicyclic) bond motifs is 1. The first kappa shape index (κ1) is 22.8. The molecular formula is C23H33N3O3. The summed E-state index contributed by atoms with van der Waals surface area (Å²) >= 11 is 0. The Morgan fingerprint density at radius 1 is 1.21 bits per heavy atom. The van der Waals surface area contributed by atoms with Crippen molar-refractivity contribution in [3.63, 3.8) is 0 Å². The van der Waals surface area contributed by atoms with Gasteiger partial charge < -0.3 is 21.5 Å². The minimum Gasteiger partial charge on any atom is -0.444 e. The monoisotopic (exact) mass is 399 g/mol. The fraction of sp³-hybridized carbons (Fsp3) is 0.565. The molecule has 0 heterocycles. The van der Waals surface area contributed by atoms with Crippen molar-refractivity contribution in [2.75, 3.05) is 6.54 Å². The highest BCUT2D eigenvalue weighted by Gasteiger charge is 2.24. The van der Waals surface area contributed by atoms with Crippen LogP contribution in [0.4, 0.5) is 4.79 Å². The van der Waals surface area contributed by atoms with Gasteiger partial charge >= 0.3 is 6.09 Å². The molecule has 5 N–H and O–H groups in total. The molecule has 0 saturated heterocycles. The number of benzene rings is 1. The molecule has 0 radical (unpaired) electrons. The third kappa shape index (κ3) is 7.10. The Hall–Kier alpha value is -2.52. The lowest BCUT2D eigenvalue weighted by molar-refractivity contribution is -0.120. The molecule has 2 rings (SSSR count). The Morgan fingerprint density at radius 2 is 1.90 bits per heavy atom. The van der Waals surface area contributed by atoms with E-state index in [2.05, 4.69) is 29.3 Å². The van der Waals surface area contributed by atoms with Crippen LogP contribution in [-0.2, 0) is 28.8 Å². The van der Waals surface area contributed by atoms with Gasteiger partial charge in [-0.25, -0.2) is 4.79 Å². The van der Waals surface area contributed by atoms with E-state index in [1.165, 1.54) is 16.7 Å². The summed E-state index contributed by atoms with van der Waals surface area (Å²) in [4.78, 5) is 23.9. The van der Waals surface area contributed by atoms with Crippen LogP contribution in [0, 0.1) is 11.8 Å². The van der Waals surface area contributed by atoms with Crippen LogP contribution in [0.5, 0.6) is 0 Å². The fourth-order valence-corrected chi connectivity index (χ4v) is 3.56. The SMILES string of the molecule is CC(C)(C)OC(=O)NC(CCc1ccc(C#CCCN)c2c1CCCC2)C(N)=O. The van der Waals surface area contributed by atoms with Gasteiger partial charge in [-0.05, 0) is 82.1 Å². The van der Waals surface area contributed by atoms with E-state index >= 15 is 0 Å². The molecule has 0 aromatic heterocycles. The molecular weight excluding hydrogens is 366 g/mol. The van der Waals surface area contributed by atoms with E-state index in [9.17, 15) is 9.59 Å². The molecule has 1 aliphatic rings. The Balaban J connectivity index is 2.13. The maximum atomic E-state index is 12.0. The topological polar surface area (TPSA) is 107 Å². The van der Waals surface area contributed by atoms with Gasteiger partial charge in [0.15, 0.2) is 0 Å². The molecule has 158 valence electrons. The summed E-state index contributed by atoms with van der Waals surface area (Å²) in [5.41, 5.74) is 15.3. The summed E-state index contributed by atoms with van der Waals surface area (Å²) in [5.74, 6) is 5.82. The van der Waals surface area contributed by atoms with Crippen LogP contribution in [0.25, 0.3) is 0 Å². The highest BCUT2D eigenvalue weighted by molar-refractivity contribution is 5.84. The van der Waals surface area contributed by atoms with Crippen molar-refractivity contribution in [3.05, 3.63) is 34.4 Å². The number of carbonyl (C=O) groups excluding carboxylic acids is 2. The van der Waals surface area contributed by atoms with Crippen LogP contribution >= 0.6 is 0 Å². The number of ether oxygens (including phenoxy) is 1. The number of amides is 2. The lowest BCUT2D eigenvalue weighted by Gasteiger charge is -2.24. The molecule has 0 bridgehead atoms. The predicted molar refractivity (Wildman–Crippen MR) is 114 cm³/mol. The van der Waals surface area contributed by atoms with Crippen LogP contribution in [0.2, 0.25) is 0 Å². The second-order valence-corrected chi connectivity index (χ2v) is 8.42. The zero-order valence-electron chi connectivity index (χ0n) is 17.8. The third-order valence-electron chi connectivity index (χ3n) is 4.86. The minimum absolute atomic E-state index is 0.430. The number of nitrogens with two attached hydrogens (primary N) is 2. The summed E-state index contributed by atoms with van der Waals surface area (Å²) in [6.07, 6.45) is 5.48. The van der Waals surface area contributed by atoms with Crippen LogP contribution in [0.3, 0.4) is 0 Å². The van der Waals surface area contributed by atoms with Gasteiger partial charge in [0.05, 0.1) is 0 Å². The normalized spacial score (nSPS) is 14.2. The average molecular weight is 400 g/mol. The summed E-state index contributed by atoms with van der Waals surface area (Å²) in [5, 5.41) is 2.60. The largest absolute Gasteiger partial charge is 0.444 e. The van der Waals surface area contributed by atoms with Crippen LogP contribution < -0.4 is 16.8 Å².